The van der Waals surface area contributed by atoms with E-state index in [-0.39, 0.29) is 5.43 Å². The molecule has 12 heteroatoms. The quantitative estimate of drug-likeness (QED) is 0.0942. The molecule has 2 nitrogen and oxygen atoms in total. The third-order valence-corrected chi connectivity index (χ3v) is 31.4. The van der Waals surface area contributed by atoms with Gasteiger partial charge in [0.05, 0.1) is 35.2 Å². The summed E-state index contributed by atoms with van der Waals surface area (Å²) >= 11 is -1.65. The van der Waals surface area contributed by atoms with E-state index in [1.54, 1.807) is 36.8 Å². The van der Waals surface area contributed by atoms with E-state index in [9.17, 15) is 26.3 Å². The van der Waals surface area contributed by atoms with Gasteiger partial charge in [-0.05, 0) is 70.1 Å². The van der Waals surface area contributed by atoms with Gasteiger partial charge in [0, 0.05) is 10.8 Å². The van der Waals surface area contributed by atoms with Gasteiger partial charge in [-0.3, -0.25) is 0 Å². The first-order chi connectivity index (χ1) is 31.5. The Morgan fingerprint density at radius 3 is 1.21 bits per heavy atom. The van der Waals surface area contributed by atoms with E-state index in [1.165, 1.54) is 0 Å². The molecule has 10 rings (SSSR count). The standard InChI is InChI=1S/2C26H18F3O.C2H6Si.2ClH.Zr/c2*1-2-16-7-8-18-13-20(25-22-6-4-3-5-19(22)15-30-25)14-23(18)24(16)17-9-11-21(12-10-17)26(27,28)29;1-3-2;;;/h2*3-15H,2H2,1H3;1-2H3;2*1H;/q2*-1;;;;+2/p-2. The average molecular weight is 1030 g/mol. The maximum absolute atomic E-state index is 13.0. The molecule has 0 saturated carbocycles. The van der Waals surface area contributed by atoms with Gasteiger partial charge in [0.25, 0.3) is 0 Å². The maximum atomic E-state index is 13.0. The van der Waals surface area contributed by atoms with Gasteiger partial charge >= 0.3 is 65.9 Å². The zero-order valence-electron chi connectivity index (χ0n) is 36.3. The Morgan fingerprint density at radius 2 is 0.879 bits per heavy atom. The number of aryl methyl sites for hydroxylation is 2. The van der Waals surface area contributed by atoms with Crippen molar-refractivity contribution in [3.63, 3.8) is 0 Å². The Kier molecular flexibility index (Phi) is 14.1. The molecule has 2 heterocycles. The number of halogens is 8. The fourth-order valence-electron chi connectivity index (χ4n) is 8.27. The number of furan rings is 2. The molecule has 0 atom stereocenters. The number of hydrogen-bond donors (Lipinski definition) is 0. The van der Waals surface area contributed by atoms with Crippen LogP contribution in [0.4, 0.5) is 26.3 Å². The van der Waals surface area contributed by atoms with Gasteiger partial charge in [-0.2, -0.15) is 26.3 Å². The first kappa shape index (κ1) is 47.4. The summed E-state index contributed by atoms with van der Waals surface area (Å²) < 4.78 is 89.7. The van der Waals surface area contributed by atoms with Gasteiger partial charge in [0.15, 0.2) is 0 Å². The third kappa shape index (κ3) is 9.94. The number of benzene rings is 6. The normalized spacial score (nSPS) is 11.8. The van der Waals surface area contributed by atoms with Gasteiger partial charge in [0.2, 0.25) is 0 Å². The number of fused-ring (bicyclic) bond motifs is 4. The SMILES string of the molecule is CCc1ccc2[cH-]c(-c3occ4ccccc34)cc2c1-c1ccc(C(F)(F)F)cc1.CCc1ccc2[cH-]c(-c3occ4ccccc34)cc2c1-c1ccc(C(F)(F)F)cc1.C[Si](C)=[Zr]([Cl])[Cl]. The molecule has 8 aromatic carbocycles. The molecule has 0 spiro atoms. The first-order valence-electron chi connectivity index (χ1n) is 21.3. The summed E-state index contributed by atoms with van der Waals surface area (Å²) in [5.74, 6) is 1.61. The third-order valence-electron chi connectivity index (χ3n) is 11.6. The van der Waals surface area contributed by atoms with Gasteiger partial charge in [-0.15, -0.1) is 57.9 Å². The van der Waals surface area contributed by atoms with E-state index in [4.69, 9.17) is 25.9 Å². The number of alkyl halides is 6. The second-order valence-electron chi connectivity index (χ2n) is 16.1. The van der Waals surface area contributed by atoms with E-state index in [1.807, 2.05) is 48.5 Å². The molecule has 336 valence electrons. The van der Waals surface area contributed by atoms with Crippen LogP contribution in [0.25, 0.3) is 88.0 Å². The summed E-state index contributed by atoms with van der Waals surface area (Å²) in [6, 6.07) is 43.4. The Morgan fingerprint density at radius 1 is 0.515 bits per heavy atom. The predicted molar refractivity (Wildman–Crippen MR) is 258 cm³/mol. The van der Waals surface area contributed by atoms with Gasteiger partial charge in [-0.1, -0.05) is 121 Å². The van der Waals surface area contributed by atoms with Gasteiger partial charge < -0.3 is 8.83 Å². The molecule has 0 N–H and O–H groups in total. The number of rotatable bonds is 6. The Hall–Kier alpha value is -5.12. The molecule has 0 amide bonds. The van der Waals surface area contributed by atoms with Crippen molar-refractivity contribution >= 4 is 65.5 Å². The van der Waals surface area contributed by atoms with Gasteiger partial charge in [-0.25, -0.2) is 0 Å². The Bertz CT molecular complexity index is 3120. The Labute approximate surface area is 393 Å². The summed E-state index contributed by atoms with van der Waals surface area (Å²) in [7, 11) is 11.2. The van der Waals surface area contributed by atoms with Crippen LogP contribution in [0.3, 0.4) is 0 Å². The summed E-state index contributed by atoms with van der Waals surface area (Å²) in [5.41, 5.74) is 6.16. The monoisotopic (exact) mass is 1020 g/mol. The van der Waals surface area contributed by atoms with E-state index >= 15 is 0 Å². The second-order valence-corrected chi connectivity index (χ2v) is 39.1. The minimum absolute atomic E-state index is 0.224. The summed E-state index contributed by atoms with van der Waals surface area (Å²) in [4.78, 5) is 0. The van der Waals surface area contributed by atoms with Crippen LogP contribution in [0.5, 0.6) is 0 Å². The minimum atomic E-state index is -4.34. The van der Waals surface area contributed by atoms with Crippen molar-refractivity contribution in [2.75, 3.05) is 0 Å². The van der Waals surface area contributed by atoms with Crippen LogP contribution in [0.1, 0.15) is 36.1 Å². The van der Waals surface area contributed by atoms with Crippen LogP contribution in [0.2, 0.25) is 13.1 Å². The molecular formula is C54H42Cl2F6O2SiZr-2. The average Bonchev–Trinajstić information content (AvgIpc) is 4.13. The van der Waals surface area contributed by atoms with Crippen LogP contribution in [0, 0.1) is 0 Å². The van der Waals surface area contributed by atoms with Crippen LogP contribution < -0.4 is 0 Å². The van der Waals surface area contributed by atoms with E-state index < -0.39 is 41.5 Å². The Balaban J connectivity index is 0.000000160. The molecule has 10 aromatic rings. The molecule has 0 radical (unpaired) electrons. The predicted octanol–water partition coefficient (Wildman–Crippen LogP) is 18.6. The van der Waals surface area contributed by atoms with E-state index in [0.717, 1.165) is 136 Å². The van der Waals surface area contributed by atoms with Gasteiger partial charge in [0.1, 0.15) is 0 Å². The fraction of sp³-hybridized carbons (Fsp3) is 0.148. The van der Waals surface area contributed by atoms with Crippen molar-refractivity contribution in [1.82, 2.24) is 0 Å². The topological polar surface area (TPSA) is 26.3 Å². The van der Waals surface area contributed by atoms with Crippen molar-refractivity contribution in [1.29, 1.82) is 0 Å². The van der Waals surface area contributed by atoms with E-state index in [2.05, 4.69) is 75.5 Å². The van der Waals surface area contributed by atoms with Crippen molar-refractivity contribution in [3.8, 4) is 44.9 Å². The van der Waals surface area contributed by atoms with Crippen LogP contribution in [-0.2, 0) is 43.2 Å². The summed E-state index contributed by atoms with van der Waals surface area (Å²) in [6.45, 7) is 8.44. The van der Waals surface area contributed by atoms with Crippen LogP contribution >= 0.6 is 17.0 Å². The fourth-order valence-corrected chi connectivity index (χ4v) is 8.27. The van der Waals surface area contributed by atoms with Crippen molar-refractivity contribution < 1.29 is 53.2 Å². The molecule has 0 saturated heterocycles. The van der Waals surface area contributed by atoms with Crippen LogP contribution in [-0.4, -0.2) is 5.43 Å². The van der Waals surface area contributed by atoms with Crippen molar-refractivity contribution in [2.24, 2.45) is 0 Å². The van der Waals surface area contributed by atoms with Crippen molar-refractivity contribution in [2.45, 2.75) is 52.1 Å². The molecule has 0 fully saturated rings. The molecule has 0 aliphatic carbocycles. The van der Waals surface area contributed by atoms with Crippen molar-refractivity contribution in [3.05, 3.63) is 180 Å². The molecule has 0 aliphatic heterocycles. The molecule has 66 heavy (non-hydrogen) atoms. The molecule has 0 bridgehead atoms. The summed E-state index contributed by atoms with van der Waals surface area (Å²) in [6.07, 6.45) is -3.61. The summed E-state index contributed by atoms with van der Waals surface area (Å²) in [5, 5.41) is 8.27. The molecular weight excluding hydrogens is 985 g/mol. The second kappa shape index (κ2) is 19.6. The molecule has 0 aliphatic rings. The molecule has 2 aromatic heterocycles. The molecule has 0 unspecified atom stereocenters. The van der Waals surface area contributed by atoms with Crippen LogP contribution in [0.15, 0.2) is 167 Å². The van der Waals surface area contributed by atoms with E-state index in [0.29, 0.717) is 0 Å². The zero-order valence-corrected chi connectivity index (χ0v) is 41.2. The number of hydrogen-bond acceptors (Lipinski definition) is 2. The zero-order chi connectivity index (χ0) is 46.9. The first-order valence-corrected chi connectivity index (χ1v) is 33.8.